The summed E-state index contributed by atoms with van der Waals surface area (Å²) in [6.07, 6.45) is 4.42. The van der Waals surface area contributed by atoms with Gasteiger partial charge in [-0.3, -0.25) is 9.59 Å². The fraction of sp³-hybridized carbons (Fsp3) is 0.556. The molecule has 0 radical (unpaired) electrons. The Morgan fingerprint density at radius 1 is 1.38 bits per heavy atom. The molecule has 0 bridgehead atoms. The van der Waals surface area contributed by atoms with E-state index in [-0.39, 0.29) is 29.9 Å². The van der Waals surface area contributed by atoms with Gasteiger partial charge < -0.3 is 20.7 Å². The highest BCUT2D eigenvalue weighted by Gasteiger charge is 2.47. The summed E-state index contributed by atoms with van der Waals surface area (Å²) in [5.74, 6) is 0.699. The third-order valence-electron chi connectivity index (χ3n) is 4.93. The topological polar surface area (TPSA) is 79.5 Å². The molecule has 1 aromatic carbocycles. The van der Waals surface area contributed by atoms with Crippen molar-refractivity contribution < 1.29 is 14.3 Å². The van der Waals surface area contributed by atoms with E-state index in [1.807, 2.05) is 31.2 Å². The standard InChI is InChI=1S/C18H25N3O3/c1-2-24-14-7-4-3-6-13(14)20-17(23)12-19-15-8-9-16(22)21-18(15)10-5-11-18/h3-4,6-7,15,19H,2,5,8-12H2,1H3,(H,20,23)(H,21,22). The van der Waals surface area contributed by atoms with Crippen molar-refractivity contribution in [3.05, 3.63) is 24.3 Å². The van der Waals surface area contributed by atoms with E-state index >= 15 is 0 Å². The van der Waals surface area contributed by atoms with Crippen molar-refractivity contribution in [2.75, 3.05) is 18.5 Å². The number of nitrogens with one attached hydrogen (secondary N) is 3. The number of carbonyl (C=O) groups is 2. The highest BCUT2D eigenvalue weighted by atomic mass is 16.5. The van der Waals surface area contributed by atoms with Crippen molar-refractivity contribution in [1.29, 1.82) is 0 Å². The fourth-order valence-corrected chi connectivity index (χ4v) is 3.57. The van der Waals surface area contributed by atoms with Gasteiger partial charge in [0.05, 0.1) is 24.4 Å². The Morgan fingerprint density at radius 2 is 2.17 bits per heavy atom. The largest absolute Gasteiger partial charge is 0.492 e. The number of ether oxygens (including phenoxy) is 1. The van der Waals surface area contributed by atoms with Crippen molar-refractivity contribution >= 4 is 17.5 Å². The van der Waals surface area contributed by atoms with Crippen molar-refractivity contribution in [1.82, 2.24) is 10.6 Å². The van der Waals surface area contributed by atoms with E-state index in [0.29, 0.717) is 24.5 Å². The molecule has 1 aliphatic heterocycles. The summed E-state index contributed by atoms with van der Waals surface area (Å²) < 4.78 is 5.52. The number of para-hydroxylation sites is 2. The number of rotatable bonds is 6. The van der Waals surface area contributed by atoms with Gasteiger partial charge in [-0.05, 0) is 44.7 Å². The number of anilines is 1. The average molecular weight is 331 g/mol. The fourth-order valence-electron chi connectivity index (χ4n) is 3.57. The Labute approximate surface area is 142 Å². The molecule has 2 amide bonds. The molecule has 130 valence electrons. The predicted molar refractivity (Wildman–Crippen MR) is 92.0 cm³/mol. The number of amides is 2. The third kappa shape index (κ3) is 3.53. The molecule has 1 heterocycles. The Bertz CT molecular complexity index is 613. The lowest BCUT2D eigenvalue weighted by Crippen LogP contribution is -2.68. The molecule has 2 fully saturated rings. The molecular weight excluding hydrogens is 306 g/mol. The zero-order chi connectivity index (χ0) is 17.0. The molecule has 1 aliphatic carbocycles. The normalized spacial score (nSPS) is 21.7. The highest BCUT2D eigenvalue weighted by molar-refractivity contribution is 5.93. The molecule has 3 rings (SSSR count). The number of piperidine rings is 1. The highest BCUT2D eigenvalue weighted by Crippen LogP contribution is 2.38. The summed E-state index contributed by atoms with van der Waals surface area (Å²) in [6, 6.07) is 7.58. The second-order valence-corrected chi connectivity index (χ2v) is 6.51. The van der Waals surface area contributed by atoms with E-state index in [2.05, 4.69) is 16.0 Å². The first kappa shape index (κ1) is 16.8. The van der Waals surface area contributed by atoms with Crippen molar-refractivity contribution in [3.63, 3.8) is 0 Å². The first-order valence-electron chi connectivity index (χ1n) is 8.69. The lowest BCUT2D eigenvalue weighted by molar-refractivity contribution is -0.128. The smallest absolute Gasteiger partial charge is 0.238 e. The van der Waals surface area contributed by atoms with Gasteiger partial charge in [0.1, 0.15) is 5.75 Å². The van der Waals surface area contributed by atoms with Crippen LogP contribution in [0.25, 0.3) is 0 Å². The molecule has 6 nitrogen and oxygen atoms in total. The first-order chi connectivity index (χ1) is 11.6. The maximum Gasteiger partial charge on any atom is 0.238 e. The van der Waals surface area contributed by atoms with Crippen molar-refractivity contribution in [2.24, 2.45) is 0 Å². The molecule has 1 atom stereocenters. The molecule has 24 heavy (non-hydrogen) atoms. The average Bonchev–Trinajstić information content (AvgIpc) is 2.54. The molecule has 1 aromatic rings. The van der Waals surface area contributed by atoms with Crippen LogP contribution in [-0.4, -0.2) is 36.5 Å². The van der Waals surface area contributed by atoms with Gasteiger partial charge in [0.15, 0.2) is 0 Å². The lowest BCUT2D eigenvalue weighted by Gasteiger charge is -2.51. The van der Waals surface area contributed by atoms with Crippen LogP contribution in [0.5, 0.6) is 5.75 Å². The van der Waals surface area contributed by atoms with Crippen LogP contribution in [0.15, 0.2) is 24.3 Å². The van der Waals surface area contributed by atoms with Gasteiger partial charge in [-0.15, -0.1) is 0 Å². The van der Waals surface area contributed by atoms with Gasteiger partial charge in [0.25, 0.3) is 0 Å². The Balaban J connectivity index is 1.55. The van der Waals surface area contributed by atoms with Gasteiger partial charge in [0, 0.05) is 12.5 Å². The molecule has 1 unspecified atom stereocenters. The summed E-state index contributed by atoms with van der Waals surface area (Å²) in [4.78, 5) is 23.9. The Hall–Kier alpha value is -2.08. The lowest BCUT2D eigenvalue weighted by atomic mass is 9.68. The minimum absolute atomic E-state index is 0.103. The molecule has 6 heteroatoms. The van der Waals surface area contributed by atoms with E-state index in [1.165, 1.54) is 0 Å². The molecule has 0 aromatic heterocycles. The summed E-state index contributed by atoms with van der Waals surface area (Å²) in [7, 11) is 0. The zero-order valence-electron chi connectivity index (χ0n) is 14.1. The van der Waals surface area contributed by atoms with Crippen LogP contribution in [0.4, 0.5) is 5.69 Å². The Morgan fingerprint density at radius 3 is 2.88 bits per heavy atom. The predicted octanol–water partition coefficient (Wildman–Crippen LogP) is 1.81. The molecule has 1 saturated heterocycles. The number of hydrogen-bond donors (Lipinski definition) is 3. The molecule has 1 spiro atoms. The molecule has 2 aliphatic rings. The van der Waals surface area contributed by atoms with Crippen LogP contribution >= 0.6 is 0 Å². The summed E-state index contributed by atoms with van der Waals surface area (Å²) >= 11 is 0. The minimum Gasteiger partial charge on any atom is -0.492 e. The van der Waals surface area contributed by atoms with Gasteiger partial charge >= 0.3 is 0 Å². The quantitative estimate of drug-likeness (QED) is 0.743. The first-order valence-corrected chi connectivity index (χ1v) is 8.69. The van der Waals surface area contributed by atoms with Crippen molar-refractivity contribution in [2.45, 2.75) is 50.6 Å². The van der Waals surface area contributed by atoms with E-state index in [4.69, 9.17) is 4.74 Å². The monoisotopic (exact) mass is 331 g/mol. The van der Waals surface area contributed by atoms with E-state index < -0.39 is 0 Å². The third-order valence-corrected chi connectivity index (χ3v) is 4.93. The SMILES string of the molecule is CCOc1ccccc1NC(=O)CNC1CCC(=O)NC12CCC2. The molecular formula is C18H25N3O3. The number of benzene rings is 1. The van der Waals surface area contributed by atoms with Crippen molar-refractivity contribution in [3.8, 4) is 5.75 Å². The van der Waals surface area contributed by atoms with Gasteiger partial charge in [-0.1, -0.05) is 12.1 Å². The molecule has 3 N–H and O–H groups in total. The zero-order valence-corrected chi connectivity index (χ0v) is 14.1. The maximum absolute atomic E-state index is 12.3. The van der Waals surface area contributed by atoms with E-state index in [0.717, 1.165) is 25.7 Å². The number of hydrogen-bond acceptors (Lipinski definition) is 4. The molecule has 1 saturated carbocycles. The van der Waals surface area contributed by atoms with Crippen LogP contribution < -0.4 is 20.7 Å². The van der Waals surface area contributed by atoms with Gasteiger partial charge in [-0.2, -0.15) is 0 Å². The second kappa shape index (κ2) is 7.21. The minimum atomic E-state index is -0.140. The van der Waals surface area contributed by atoms with Crippen LogP contribution in [0.1, 0.15) is 39.0 Å². The van der Waals surface area contributed by atoms with Crippen LogP contribution in [0.2, 0.25) is 0 Å². The van der Waals surface area contributed by atoms with E-state index in [9.17, 15) is 9.59 Å². The summed E-state index contributed by atoms with van der Waals surface area (Å²) in [6.45, 7) is 2.69. The van der Waals surface area contributed by atoms with Gasteiger partial charge in [0.2, 0.25) is 11.8 Å². The van der Waals surface area contributed by atoms with Crippen LogP contribution in [-0.2, 0) is 9.59 Å². The Kier molecular flexibility index (Phi) is 5.04. The van der Waals surface area contributed by atoms with Crippen LogP contribution in [0, 0.1) is 0 Å². The second-order valence-electron chi connectivity index (χ2n) is 6.51. The summed E-state index contributed by atoms with van der Waals surface area (Å²) in [5, 5.41) is 9.36. The maximum atomic E-state index is 12.3. The van der Waals surface area contributed by atoms with Gasteiger partial charge in [-0.25, -0.2) is 0 Å². The van der Waals surface area contributed by atoms with E-state index in [1.54, 1.807) is 0 Å². The number of carbonyl (C=O) groups excluding carboxylic acids is 2. The van der Waals surface area contributed by atoms with Crippen LogP contribution in [0.3, 0.4) is 0 Å². The summed E-state index contributed by atoms with van der Waals surface area (Å²) in [5.41, 5.74) is 0.542.